The molecule has 1 amide bonds. The van der Waals surface area contributed by atoms with E-state index in [0.717, 1.165) is 10.9 Å². The van der Waals surface area contributed by atoms with Crippen LogP contribution >= 0.6 is 11.6 Å². The topological polar surface area (TPSA) is 82.7 Å². The van der Waals surface area contributed by atoms with E-state index in [0.29, 0.717) is 36.2 Å². The lowest BCUT2D eigenvalue weighted by Gasteiger charge is -2.33. The third-order valence-electron chi connectivity index (χ3n) is 5.11. The van der Waals surface area contributed by atoms with E-state index in [-0.39, 0.29) is 23.9 Å². The average Bonchev–Trinajstić information content (AvgIpc) is 3.17. The van der Waals surface area contributed by atoms with Gasteiger partial charge < -0.3 is 14.6 Å². The van der Waals surface area contributed by atoms with Crippen LogP contribution in [0.15, 0.2) is 53.4 Å². The van der Waals surface area contributed by atoms with E-state index in [1.165, 1.54) is 4.31 Å². The minimum Gasteiger partial charge on any atom is -0.494 e. The summed E-state index contributed by atoms with van der Waals surface area (Å²) in [5.41, 5.74) is 1.30. The molecular formula is C21H22ClN3O4S. The number of piperazine rings is 1. The first-order valence-corrected chi connectivity index (χ1v) is 11.5. The summed E-state index contributed by atoms with van der Waals surface area (Å²) in [5.74, 6) is 0.479. The molecule has 0 bridgehead atoms. The largest absolute Gasteiger partial charge is 0.494 e. The van der Waals surface area contributed by atoms with Crippen LogP contribution in [0.25, 0.3) is 10.9 Å². The number of aromatic amines is 1. The summed E-state index contributed by atoms with van der Waals surface area (Å²) in [7, 11) is -3.62. The van der Waals surface area contributed by atoms with E-state index in [9.17, 15) is 13.2 Å². The van der Waals surface area contributed by atoms with Gasteiger partial charge in [-0.2, -0.15) is 4.31 Å². The van der Waals surface area contributed by atoms with Crippen molar-refractivity contribution in [2.75, 3.05) is 32.8 Å². The van der Waals surface area contributed by atoms with Crippen LogP contribution in [0.4, 0.5) is 0 Å². The molecule has 1 aliphatic heterocycles. The van der Waals surface area contributed by atoms with Crippen LogP contribution in [-0.2, 0) is 10.0 Å². The smallest absolute Gasteiger partial charge is 0.270 e. The predicted molar refractivity (Wildman–Crippen MR) is 116 cm³/mol. The van der Waals surface area contributed by atoms with Gasteiger partial charge in [-0.05, 0) is 55.5 Å². The summed E-state index contributed by atoms with van der Waals surface area (Å²) < 4.78 is 32.6. The fourth-order valence-corrected chi connectivity index (χ4v) is 5.15. The normalized spacial score (nSPS) is 15.5. The van der Waals surface area contributed by atoms with E-state index in [1.807, 2.05) is 13.0 Å². The number of amides is 1. The number of nitrogens with zero attached hydrogens (tertiary/aromatic N) is 2. The highest BCUT2D eigenvalue weighted by Crippen LogP contribution is 2.23. The second kappa shape index (κ2) is 8.29. The molecule has 1 N–H and O–H groups in total. The molecule has 1 saturated heterocycles. The highest BCUT2D eigenvalue weighted by Gasteiger charge is 2.30. The Kier molecular flexibility index (Phi) is 5.73. The van der Waals surface area contributed by atoms with Crippen molar-refractivity contribution in [2.24, 2.45) is 0 Å². The summed E-state index contributed by atoms with van der Waals surface area (Å²) in [4.78, 5) is 17.9. The van der Waals surface area contributed by atoms with Gasteiger partial charge in [0.05, 0.1) is 11.5 Å². The molecule has 0 spiro atoms. The SMILES string of the molecule is CCOc1ccc(S(=O)(=O)N2CCN(C(=O)c3cc4cc(Cl)ccc4[nH]3)CC2)cc1. The standard InChI is InChI=1S/C21H22ClN3O4S/c1-2-29-17-4-6-18(7-5-17)30(27,28)25-11-9-24(10-12-25)21(26)20-14-15-13-16(22)3-8-19(15)23-20/h3-8,13-14,23H,2,9-12H2,1H3. The highest BCUT2D eigenvalue weighted by molar-refractivity contribution is 7.89. The number of aromatic nitrogens is 1. The van der Waals surface area contributed by atoms with E-state index < -0.39 is 10.0 Å². The predicted octanol–water partition coefficient (Wildman–Crippen LogP) is 3.37. The van der Waals surface area contributed by atoms with Crippen molar-refractivity contribution in [3.8, 4) is 5.75 Å². The summed E-state index contributed by atoms with van der Waals surface area (Å²) in [6.07, 6.45) is 0. The number of fused-ring (bicyclic) bond motifs is 1. The summed E-state index contributed by atoms with van der Waals surface area (Å²) in [5, 5.41) is 1.47. The number of halogens is 1. The lowest BCUT2D eigenvalue weighted by Crippen LogP contribution is -2.50. The lowest BCUT2D eigenvalue weighted by molar-refractivity contribution is 0.0693. The fraction of sp³-hybridized carbons (Fsp3) is 0.286. The van der Waals surface area contributed by atoms with Crippen LogP contribution < -0.4 is 4.74 Å². The third kappa shape index (κ3) is 4.03. The number of ether oxygens (including phenoxy) is 1. The number of sulfonamides is 1. The Bertz CT molecular complexity index is 1170. The quantitative estimate of drug-likeness (QED) is 0.650. The number of H-pyrrole nitrogens is 1. The molecule has 0 atom stereocenters. The molecule has 2 aromatic carbocycles. The first kappa shape index (κ1) is 20.7. The van der Waals surface area contributed by atoms with E-state index in [4.69, 9.17) is 16.3 Å². The first-order valence-electron chi connectivity index (χ1n) is 9.69. The molecule has 30 heavy (non-hydrogen) atoms. The monoisotopic (exact) mass is 447 g/mol. The second-order valence-electron chi connectivity index (χ2n) is 7.02. The number of rotatable bonds is 5. The van der Waals surface area contributed by atoms with Crippen LogP contribution in [0.5, 0.6) is 5.75 Å². The molecule has 0 aliphatic carbocycles. The zero-order valence-electron chi connectivity index (χ0n) is 16.5. The van der Waals surface area contributed by atoms with Crippen molar-refractivity contribution in [2.45, 2.75) is 11.8 Å². The zero-order chi connectivity index (χ0) is 21.3. The molecule has 2 heterocycles. The maximum absolute atomic E-state index is 12.9. The Balaban J connectivity index is 1.43. The van der Waals surface area contributed by atoms with Gasteiger partial charge >= 0.3 is 0 Å². The lowest BCUT2D eigenvalue weighted by atomic mass is 10.2. The molecule has 9 heteroatoms. The molecule has 1 fully saturated rings. The van der Waals surface area contributed by atoms with E-state index >= 15 is 0 Å². The minimum absolute atomic E-state index is 0.152. The fourth-order valence-electron chi connectivity index (χ4n) is 3.54. The van der Waals surface area contributed by atoms with Crippen LogP contribution in [0, 0.1) is 0 Å². The van der Waals surface area contributed by atoms with Gasteiger partial charge in [-0.25, -0.2) is 8.42 Å². The second-order valence-corrected chi connectivity index (χ2v) is 9.39. The van der Waals surface area contributed by atoms with Crippen molar-refractivity contribution in [3.63, 3.8) is 0 Å². The number of carbonyl (C=O) groups excluding carboxylic acids is 1. The maximum atomic E-state index is 12.9. The van der Waals surface area contributed by atoms with Crippen molar-refractivity contribution in [3.05, 3.63) is 59.2 Å². The van der Waals surface area contributed by atoms with Crippen LogP contribution in [0.3, 0.4) is 0 Å². The van der Waals surface area contributed by atoms with Gasteiger partial charge in [0.1, 0.15) is 11.4 Å². The van der Waals surface area contributed by atoms with Gasteiger partial charge in [-0.3, -0.25) is 4.79 Å². The summed E-state index contributed by atoms with van der Waals surface area (Å²) in [6, 6.07) is 13.6. The minimum atomic E-state index is -3.62. The number of carbonyl (C=O) groups is 1. The number of hydrogen-bond donors (Lipinski definition) is 1. The zero-order valence-corrected chi connectivity index (χ0v) is 18.0. The van der Waals surface area contributed by atoms with Crippen molar-refractivity contribution < 1.29 is 17.9 Å². The number of nitrogens with one attached hydrogen (secondary N) is 1. The van der Waals surface area contributed by atoms with Gasteiger partial charge in [0.2, 0.25) is 10.0 Å². The van der Waals surface area contributed by atoms with Crippen LogP contribution in [0.2, 0.25) is 5.02 Å². The molecule has 0 radical (unpaired) electrons. The molecule has 7 nitrogen and oxygen atoms in total. The average molecular weight is 448 g/mol. The Morgan fingerprint density at radius 1 is 1.07 bits per heavy atom. The van der Waals surface area contributed by atoms with Gasteiger partial charge in [-0.15, -0.1) is 0 Å². The van der Waals surface area contributed by atoms with Gasteiger partial charge in [0.15, 0.2) is 0 Å². The van der Waals surface area contributed by atoms with E-state index in [1.54, 1.807) is 47.4 Å². The Morgan fingerprint density at radius 3 is 2.43 bits per heavy atom. The molecular weight excluding hydrogens is 426 g/mol. The van der Waals surface area contributed by atoms with Crippen LogP contribution in [-0.4, -0.2) is 61.3 Å². The number of hydrogen-bond acceptors (Lipinski definition) is 4. The Labute approximate surface area is 180 Å². The van der Waals surface area contributed by atoms with E-state index in [2.05, 4.69) is 4.98 Å². The molecule has 0 saturated carbocycles. The van der Waals surface area contributed by atoms with Gasteiger partial charge in [-0.1, -0.05) is 11.6 Å². The Morgan fingerprint density at radius 2 is 1.77 bits per heavy atom. The molecule has 1 aliphatic rings. The molecule has 1 aromatic heterocycles. The number of benzene rings is 2. The Hall–Kier alpha value is -2.55. The summed E-state index contributed by atoms with van der Waals surface area (Å²) in [6.45, 7) is 3.53. The van der Waals surface area contributed by atoms with Gasteiger partial charge in [0, 0.05) is 42.1 Å². The van der Waals surface area contributed by atoms with Crippen molar-refractivity contribution in [1.82, 2.24) is 14.2 Å². The molecule has 158 valence electrons. The molecule has 3 aromatic rings. The molecule has 0 unspecified atom stereocenters. The van der Waals surface area contributed by atoms with Gasteiger partial charge in [0.25, 0.3) is 5.91 Å². The van der Waals surface area contributed by atoms with Crippen molar-refractivity contribution in [1.29, 1.82) is 0 Å². The van der Waals surface area contributed by atoms with Crippen LogP contribution in [0.1, 0.15) is 17.4 Å². The molecule has 4 rings (SSSR count). The first-order chi connectivity index (χ1) is 14.4. The maximum Gasteiger partial charge on any atom is 0.270 e. The third-order valence-corrected chi connectivity index (χ3v) is 7.26. The van der Waals surface area contributed by atoms with Crippen molar-refractivity contribution >= 4 is 38.4 Å². The summed E-state index contributed by atoms with van der Waals surface area (Å²) >= 11 is 6.01. The highest BCUT2D eigenvalue weighted by atomic mass is 35.5.